The molecule has 6 nitrogen and oxygen atoms in total. The van der Waals surface area contributed by atoms with E-state index in [4.69, 9.17) is 0 Å². The van der Waals surface area contributed by atoms with Gasteiger partial charge in [-0.25, -0.2) is 4.79 Å². The number of aromatic nitrogens is 2. The van der Waals surface area contributed by atoms with Crippen LogP contribution in [0.2, 0.25) is 0 Å². The molecule has 0 aliphatic carbocycles. The Morgan fingerprint density at radius 2 is 1.82 bits per heavy atom. The second-order valence-electron chi connectivity index (χ2n) is 7.65. The minimum absolute atomic E-state index is 0.0604. The van der Waals surface area contributed by atoms with Gasteiger partial charge in [0.15, 0.2) is 0 Å². The summed E-state index contributed by atoms with van der Waals surface area (Å²) in [6.07, 6.45) is 1.77. The van der Waals surface area contributed by atoms with Gasteiger partial charge in [0, 0.05) is 12.5 Å². The first kappa shape index (κ1) is 18.5. The molecule has 146 valence electrons. The van der Waals surface area contributed by atoms with Crippen molar-refractivity contribution in [3.8, 4) is 0 Å². The highest BCUT2D eigenvalue weighted by Crippen LogP contribution is 2.22. The quantitative estimate of drug-likeness (QED) is 0.638. The zero-order chi connectivity index (χ0) is 19.5. The van der Waals surface area contributed by atoms with Gasteiger partial charge in [0.25, 0.3) is 0 Å². The fourth-order valence-electron chi connectivity index (χ4n) is 3.93. The van der Waals surface area contributed by atoms with Crippen LogP contribution in [0.25, 0.3) is 11.0 Å². The van der Waals surface area contributed by atoms with Gasteiger partial charge in [-0.1, -0.05) is 36.4 Å². The van der Waals surface area contributed by atoms with Crippen LogP contribution in [0.3, 0.4) is 0 Å². The third-order valence-corrected chi connectivity index (χ3v) is 5.61. The summed E-state index contributed by atoms with van der Waals surface area (Å²) in [6.45, 7) is 4.81. The molecule has 0 spiro atoms. The summed E-state index contributed by atoms with van der Waals surface area (Å²) >= 11 is 0. The molecule has 0 radical (unpaired) electrons. The van der Waals surface area contributed by atoms with Crippen LogP contribution in [-0.2, 0) is 11.3 Å². The van der Waals surface area contributed by atoms with Crippen LogP contribution in [0, 0.1) is 5.92 Å². The summed E-state index contributed by atoms with van der Waals surface area (Å²) in [4.78, 5) is 32.0. The average Bonchev–Trinajstić information content (AvgIpc) is 3.08. The molecule has 1 aliphatic rings. The number of imidazole rings is 1. The van der Waals surface area contributed by atoms with Gasteiger partial charge in [0.2, 0.25) is 5.91 Å². The van der Waals surface area contributed by atoms with Crippen molar-refractivity contribution in [1.29, 1.82) is 0 Å². The predicted octanol–water partition coefficient (Wildman–Crippen LogP) is 2.95. The van der Waals surface area contributed by atoms with Crippen molar-refractivity contribution in [3.63, 3.8) is 0 Å². The van der Waals surface area contributed by atoms with Crippen molar-refractivity contribution >= 4 is 16.9 Å². The summed E-state index contributed by atoms with van der Waals surface area (Å²) in [7, 11) is 0. The molecule has 1 saturated heterocycles. The summed E-state index contributed by atoms with van der Waals surface area (Å²) in [5, 5.41) is 3.14. The third-order valence-electron chi connectivity index (χ3n) is 5.61. The molecule has 1 amide bonds. The van der Waals surface area contributed by atoms with E-state index in [-0.39, 0.29) is 23.6 Å². The van der Waals surface area contributed by atoms with Gasteiger partial charge in [0.05, 0.1) is 17.1 Å². The number of carbonyl (C=O) groups is 1. The first-order chi connectivity index (χ1) is 13.6. The van der Waals surface area contributed by atoms with Crippen LogP contribution >= 0.6 is 0 Å². The SMILES string of the molecule is C[C@H](NC(=O)C1CCN(Cc2ccccc2)CC1)c1ccc2[nH]c(=O)[nH]c2c1. The Morgan fingerprint density at radius 1 is 1.11 bits per heavy atom. The van der Waals surface area contributed by atoms with Crippen molar-refractivity contribution < 1.29 is 4.79 Å². The van der Waals surface area contributed by atoms with E-state index in [0.29, 0.717) is 0 Å². The zero-order valence-electron chi connectivity index (χ0n) is 16.1. The Hall–Kier alpha value is -2.86. The van der Waals surface area contributed by atoms with Gasteiger partial charge >= 0.3 is 5.69 Å². The van der Waals surface area contributed by atoms with E-state index >= 15 is 0 Å². The van der Waals surface area contributed by atoms with E-state index in [1.54, 1.807) is 0 Å². The average molecular weight is 378 g/mol. The summed E-state index contributed by atoms with van der Waals surface area (Å²) in [5.41, 5.74) is 3.62. The topological polar surface area (TPSA) is 81.0 Å². The first-order valence-electron chi connectivity index (χ1n) is 9.87. The number of benzene rings is 2. The molecule has 0 unspecified atom stereocenters. The monoisotopic (exact) mass is 378 g/mol. The number of nitrogens with one attached hydrogen (secondary N) is 3. The number of carbonyl (C=O) groups excluding carboxylic acids is 1. The fraction of sp³-hybridized carbons (Fsp3) is 0.364. The lowest BCUT2D eigenvalue weighted by atomic mass is 9.95. The van der Waals surface area contributed by atoms with Crippen molar-refractivity contribution in [1.82, 2.24) is 20.2 Å². The highest BCUT2D eigenvalue weighted by atomic mass is 16.2. The fourth-order valence-corrected chi connectivity index (χ4v) is 3.93. The minimum Gasteiger partial charge on any atom is -0.349 e. The zero-order valence-corrected chi connectivity index (χ0v) is 16.1. The molecule has 3 N–H and O–H groups in total. The van der Waals surface area contributed by atoms with E-state index in [2.05, 4.69) is 44.5 Å². The van der Waals surface area contributed by atoms with Crippen LogP contribution in [0.5, 0.6) is 0 Å². The smallest absolute Gasteiger partial charge is 0.323 e. The van der Waals surface area contributed by atoms with E-state index < -0.39 is 0 Å². The van der Waals surface area contributed by atoms with Crippen molar-refractivity contribution in [2.45, 2.75) is 32.4 Å². The molecule has 1 aromatic heterocycles. The lowest BCUT2D eigenvalue weighted by Crippen LogP contribution is -2.40. The molecule has 28 heavy (non-hydrogen) atoms. The molecule has 4 rings (SSSR count). The minimum atomic E-state index is -0.217. The molecule has 2 aromatic carbocycles. The number of aromatic amines is 2. The van der Waals surface area contributed by atoms with Gasteiger partial charge in [-0.2, -0.15) is 0 Å². The molecule has 0 saturated carbocycles. The number of amides is 1. The Labute approximate surface area is 164 Å². The maximum Gasteiger partial charge on any atom is 0.323 e. The first-order valence-corrected chi connectivity index (χ1v) is 9.87. The molecular weight excluding hydrogens is 352 g/mol. The molecule has 0 bridgehead atoms. The Balaban J connectivity index is 1.31. The normalized spacial score (nSPS) is 16.9. The Kier molecular flexibility index (Phi) is 5.30. The summed E-state index contributed by atoms with van der Waals surface area (Å²) < 4.78 is 0. The highest BCUT2D eigenvalue weighted by molar-refractivity contribution is 5.80. The number of rotatable bonds is 5. The van der Waals surface area contributed by atoms with E-state index in [1.807, 2.05) is 31.2 Å². The second-order valence-corrected chi connectivity index (χ2v) is 7.65. The van der Waals surface area contributed by atoms with Gasteiger partial charge < -0.3 is 15.3 Å². The van der Waals surface area contributed by atoms with Crippen LogP contribution < -0.4 is 11.0 Å². The predicted molar refractivity (Wildman–Crippen MR) is 110 cm³/mol. The van der Waals surface area contributed by atoms with Gasteiger partial charge in [-0.3, -0.25) is 9.69 Å². The molecule has 3 aromatic rings. The van der Waals surface area contributed by atoms with Crippen LogP contribution in [0.15, 0.2) is 53.3 Å². The number of hydrogen-bond donors (Lipinski definition) is 3. The second kappa shape index (κ2) is 8.02. The van der Waals surface area contributed by atoms with Crippen LogP contribution in [0.4, 0.5) is 0 Å². The van der Waals surface area contributed by atoms with Crippen LogP contribution in [0.1, 0.15) is 36.9 Å². The lowest BCUT2D eigenvalue weighted by Gasteiger charge is -2.32. The Morgan fingerprint density at radius 3 is 2.57 bits per heavy atom. The van der Waals surface area contributed by atoms with E-state index in [9.17, 15) is 9.59 Å². The lowest BCUT2D eigenvalue weighted by molar-refractivity contribution is -0.127. The van der Waals surface area contributed by atoms with Crippen molar-refractivity contribution in [2.24, 2.45) is 5.92 Å². The number of nitrogens with zero attached hydrogens (tertiary/aromatic N) is 1. The number of likely N-dealkylation sites (tertiary alicyclic amines) is 1. The van der Waals surface area contributed by atoms with Gasteiger partial charge in [0.1, 0.15) is 0 Å². The van der Waals surface area contributed by atoms with Crippen LogP contribution in [-0.4, -0.2) is 33.9 Å². The standard InChI is InChI=1S/C22H26N4O2/c1-15(18-7-8-19-20(13-18)25-22(28)24-19)23-21(27)17-9-11-26(12-10-17)14-16-5-3-2-4-6-16/h2-8,13,15,17H,9-12,14H2,1H3,(H,23,27)(H2,24,25,28)/t15-/m0/s1. The maximum atomic E-state index is 12.7. The number of fused-ring (bicyclic) bond motifs is 1. The molecule has 1 aliphatic heterocycles. The number of H-pyrrole nitrogens is 2. The summed E-state index contributed by atoms with van der Waals surface area (Å²) in [6, 6.07) is 16.1. The largest absolute Gasteiger partial charge is 0.349 e. The van der Waals surface area contributed by atoms with Gasteiger partial charge in [-0.15, -0.1) is 0 Å². The van der Waals surface area contributed by atoms with Gasteiger partial charge in [-0.05, 0) is 56.1 Å². The number of piperidine rings is 1. The molecule has 1 atom stereocenters. The van der Waals surface area contributed by atoms with E-state index in [1.165, 1.54) is 5.56 Å². The van der Waals surface area contributed by atoms with Crippen molar-refractivity contribution in [3.05, 3.63) is 70.1 Å². The molecular formula is C22H26N4O2. The third kappa shape index (κ3) is 4.17. The van der Waals surface area contributed by atoms with E-state index in [0.717, 1.165) is 49.1 Å². The molecule has 6 heteroatoms. The maximum absolute atomic E-state index is 12.7. The van der Waals surface area contributed by atoms with Crippen molar-refractivity contribution in [2.75, 3.05) is 13.1 Å². The number of hydrogen-bond acceptors (Lipinski definition) is 3. The Bertz CT molecular complexity index is 1000. The highest BCUT2D eigenvalue weighted by Gasteiger charge is 2.26. The molecule has 1 fully saturated rings. The summed E-state index contributed by atoms with van der Waals surface area (Å²) in [5.74, 6) is 0.180. The molecule has 2 heterocycles.